The molecule has 11 nitrogen and oxygen atoms in total. The van der Waals surface area contributed by atoms with E-state index >= 15 is 0 Å². The molecule has 180 valence electrons. The first kappa shape index (κ1) is 22.7. The number of nitrogens with one attached hydrogen (secondary N) is 1. The Morgan fingerprint density at radius 3 is 2.50 bits per heavy atom. The SMILES string of the molecule is Cc1cn2cc(-c3ccc(-n4c(C)nn(C)c4=O)nc3)cc2c(C(=O)Nc2cccc(C(N)=O)c2)n1. The number of amides is 2. The number of hydrogen-bond acceptors (Lipinski definition) is 6. The van der Waals surface area contributed by atoms with Crippen molar-refractivity contribution in [2.45, 2.75) is 13.8 Å². The lowest BCUT2D eigenvalue weighted by atomic mass is 10.1. The molecule has 0 fully saturated rings. The maximum Gasteiger partial charge on any atom is 0.351 e. The first-order chi connectivity index (χ1) is 17.2. The molecule has 4 aromatic heterocycles. The number of benzene rings is 1. The molecule has 0 bridgehead atoms. The third-order valence-corrected chi connectivity index (χ3v) is 5.72. The number of carbonyl (C=O) groups excluding carboxylic acids is 2. The number of rotatable bonds is 5. The Hall–Kier alpha value is -5.06. The molecule has 0 aliphatic heterocycles. The van der Waals surface area contributed by atoms with E-state index in [4.69, 9.17) is 5.73 Å². The number of hydrogen-bond donors (Lipinski definition) is 2. The maximum atomic E-state index is 13.1. The maximum absolute atomic E-state index is 13.1. The van der Waals surface area contributed by atoms with Crippen molar-refractivity contribution in [1.29, 1.82) is 0 Å². The van der Waals surface area contributed by atoms with Crippen molar-refractivity contribution >= 4 is 23.0 Å². The summed E-state index contributed by atoms with van der Waals surface area (Å²) in [5.74, 6) is 0.00118. The fourth-order valence-electron chi connectivity index (χ4n) is 4.05. The standard InChI is InChI=1S/C25H22N8O3/c1-14-12-32-13-18(17-7-8-21(27-11-17)33-15(2)30-31(3)25(33)36)10-20(32)22(28-14)24(35)29-19-6-4-5-16(9-19)23(26)34/h4-13H,1-3H3,(H2,26,34)(H,29,35). The minimum atomic E-state index is -0.582. The number of aromatic nitrogens is 6. The summed E-state index contributed by atoms with van der Waals surface area (Å²) in [6.07, 6.45) is 5.37. The van der Waals surface area contributed by atoms with Crippen LogP contribution in [0, 0.1) is 13.8 Å². The Morgan fingerprint density at radius 1 is 1.03 bits per heavy atom. The van der Waals surface area contributed by atoms with Gasteiger partial charge in [-0.15, -0.1) is 0 Å². The summed E-state index contributed by atoms with van der Waals surface area (Å²) in [5.41, 5.74) is 8.90. The molecule has 0 aliphatic carbocycles. The summed E-state index contributed by atoms with van der Waals surface area (Å²) >= 11 is 0. The first-order valence-electron chi connectivity index (χ1n) is 11.0. The summed E-state index contributed by atoms with van der Waals surface area (Å²) in [7, 11) is 1.59. The van der Waals surface area contributed by atoms with Crippen LogP contribution in [0.15, 0.2) is 65.8 Å². The quantitative estimate of drug-likeness (QED) is 0.393. The smallest absolute Gasteiger partial charge is 0.351 e. The topological polar surface area (TPSA) is 142 Å². The number of aryl methyl sites for hydroxylation is 3. The van der Waals surface area contributed by atoms with Gasteiger partial charge in [-0.2, -0.15) is 5.10 Å². The van der Waals surface area contributed by atoms with E-state index in [-0.39, 0.29) is 11.4 Å². The summed E-state index contributed by atoms with van der Waals surface area (Å²) in [5, 5.41) is 6.92. The first-order valence-corrected chi connectivity index (χ1v) is 11.0. The van der Waals surface area contributed by atoms with Crippen LogP contribution in [0.1, 0.15) is 32.4 Å². The number of nitrogens with two attached hydrogens (primary N) is 1. The number of primary amides is 1. The van der Waals surface area contributed by atoms with Crippen LogP contribution in [-0.2, 0) is 7.05 Å². The molecule has 0 spiro atoms. The summed E-state index contributed by atoms with van der Waals surface area (Å²) in [4.78, 5) is 45.8. The third kappa shape index (κ3) is 4.02. The fourth-order valence-corrected chi connectivity index (χ4v) is 4.05. The van der Waals surface area contributed by atoms with Crippen molar-refractivity contribution in [1.82, 2.24) is 28.7 Å². The molecule has 5 rings (SSSR count). The van der Waals surface area contributed by atoms with Crippen molar-refractivity contribution in [3.63, 3.8) is 0 Å². The minimum absolute atomic E-state index is 0.229. The van der Waals surface area contributed by atoms with Crippen LogP contribution in [0.25, 0.3) is 22.5 Å². The molecule has 36 heavy (non-hydrogen) atoms. The summed E-state index contributed by atoms with van der Waals surface area (Å²) in [6, 6.07) is 11.8. The third-order valence-electron chi connectivity index (χ3n) is 5.72. The molecule has 0 aliphatic rings. The van der Waals surface area contributed by atoms with Crippen LogP contribution in [0.2, 0.25) is 0 Å². The van der Waals surface area contributed by atoms with E-state index in [0.717, 1.165) is 11.1 Å². The molecular weight excluding hydrogens is 460 g/mol. The van der Waals surface area contributed by atoms with E-state index < -0.39 is 11.8 Å². The predicted octanol–water partition coefficient (Wildman–Crippen LogP) is 2.25. The highest BCUT2D eigenvalue weighted by molar-refractivity contribution is 6.08. The van der Waals surface area contributed by atoms with Gasteiger partial charge in [0, 0.05) is 48.0 Å². The minimum Gasteiger partial charge on any atom is -0.366 e. The zero-order valence-electron chi connectivity index (χ0n) is 19.8. The Morgan fingerprint density at radius 2 is 1.83 bits per heavy atom. The zero-order chi connectivity index (χ0) is 25.6. The Bertz CT molecular complexity index is 1710. The Labute approximate surface area is 204 Å². The monoisotopic (exact) mass is 482 g/mol. The van der Waals surface area contributed by atoms with Gasteiger partial charge in [0.2, 0.25) is 5.91 Å². The number of carbonyl (C=O) groups is 2. The second-order valence-electron chi connectivity index (χ2n) is 8.35. The van der Waals surface area contributed by atoms with E-state index in [1.165, 1.54) is 15.3 Å². The fraction of sp³-hybridized carbons (Fsp3) is 0.120. The molecule has 5 aromatic rings. The molecule has 4 heterocycles. The Kier molecular flexibility index (Phi) is 5.44. The molecule has 2 amide bonds. The van der Waals surface area contributed by atoms with Crippen molar-refractivity contribution in [3.8, 4) is 16.9 Å². The van der Waals surface area contributed by atoms with Crippen LogP contribution < -0.4 is 16.7 Å². The van der Waals surface area contributed by atoms with Gasteiger partial charge in [-0.3, -0.25) is 9.59 Å². The Balaban J connectivity index is 1.49. The molecule has 11 heteroatoms. The van der Waals surface area contributed by atoms with Gasteiger partial charge in [-0.1, -0.05) is 6.07 Å². The van der Waals surface area contributed by atoms with Gasteiger partial charge in [0.15, 0.2) is 5.69 Å². The van der Waals surface area contributed by atoms with E-state index in [1.807, 2.05) is 28.9 Å². The van der Waals surface area contributed by atoms with Crippen molar-refractivity contribution in [2.75, 3.05) is 5.32 Å². The largest absolute Gasteiger partial charge is 0.366 e. The van der Waals surface area contributed by atoms with Gasteiger partial charge < -0.3 is 15.5 Å². The van der Waals surface area contributed by atoms with Crippen LogP contribution >= 0.6 is 0 Å². The van der Waals surface area contributed by atoms with Gasteiger partial charge in [-0.25, -0.2) is 24.0 Å². The van der Waals surface area contributed by atoms with E-state index in [1.54, 1.807) is 51.4 Å². The normalized spacial score (nSPS) is 11.1. The zero-order valence-corrected chi connectivity index (χ0v) is 19.8. The second kappa shape index (κ2) is 8.62. The lowest BCUT2D eigenvalue weighted by Crippen LogP contribution is -2.22. The van der Waals surface area contributed by atoms with Crippen LogP contribution in [-0.4, -0.2) is 40.5 Å². The van der Waals surface area contributed by atoms with Crippen LogP contribution in [0.3, 0.4) is 0 Å². The molecular formula is C25H22N8O3. The van der Waals surface area contributed by atoms with Gasteiger partial charge in [0.1, 0.15) is 11.6 Å². The highest BCUT2D eigenvalue weighted by atomic mass is 16.2. The number of anilines is 1. The lowest BCUT2D eigenvalue weighted by Gasteiger charge is -2.08. The molecule has 0 atom stereocenters. The van der Waals surface area contributed by atoms with Crippen molar-refractivity contribution < 1.29 is 9.59 Å². The molecule has 0 saturated carbocycles. The molecule has 3 N–H and O–H groups in total. The average Bonchev–Trinajstić information content (AvgIpc) is 3.38. The van der Waals surface area contributed by atoms with Gasteiger partial charge in [0.25, 0.3) is 5.91 Å². The highest BCUT2D eigenvalue weighted by Crippen LogP contribution is 2.25. The van der Waals surface area contributed by atoms with Crippen LogP contribution in [0.5, 0.6) is 0 Å². The molecule has 0 saturated heterocycles. The van der Waals surface area contributed by atoms with Crippen molar-refractivity contribution in [3.05, 3.63) is 94.3 Å². The van der Waals surface area contributed by atoms with E-state index in [0.29, 0.717) is 34.1 Å². The number of pyridine rings is 1. The summed E-state index contributed by atoms with van der Waals surface area (Å²) < 4.78 is 4.52. The van der Waals surface area contributed by atoms with Crippen LogP contribution in [0.4, 0.5) is 5.69 Å². The molecule has 1 aromatic carbocycles. The summed E-state index contributed by atoms with van der Waals surface area (Å²) in [6.45, 7) is 3.54. The van der Waals surface area contributed by atoms with E-state index in [2.05, 4.69) is 20.4 Å². The van der Waals surface area contributed by atoms with E-state index in [9.17, 15) is 14.4 Å². The lowest BCUT2D eigenvalue weighted by molar-refractivity contribution is 0.0995. The molecule has 0 unspecified atom stereocenters. The predicted molar refractivity (Wildman–Crippen MR) is 133 cm³/mol. The number of nitrogens with zero attached hydrogens (tertiary/aromatic N) is 6. The second-order valence-corrected chi connectivity index (χ2v) is 8.35. The number of fused-ring (bicyclic) bond motifs is 1. The van der Waals surface area contributed by atoms with Gasteiger partial charge >= 0.3 is 5.69 Å². The van der Waals surface area contributed by atoms with Gasteiger partial charge in [0.05, 0.1) is 11.2 Å². The van der Waals surface area contributed by atoms with Gasteiger partial charge in [-0.05, 0) is 50.2 Å². The highest BCUT2D eigenvalue weighted by Gasteiger charge is 2.17. The molecule has 0 radical (unpaired) electrons. The van der Waals surface area contributed by atoms with Crippen molar-refractivity contribution in [2.24, 2.45) is 12.8 Å². The average molecular weight is 483 g/mol.